The number of benzene rings is 2. The summed E-state index contributed by atoms with van der Waals surface area (Å²) in [6.45, 7) is 0.170. The summed E-state index contributed by atoms with van der Waals surface area (Å²) in [6.07, 6.45) is 1.27. The van der Waals surface area contributed by atoms with E-state index in [2.05, 4.69) is 20.5 Å². The van der Waals surface area contributed by atoms with Crippen molar-refractivity contribution in [1.29, 1.82) is 0 Å². The number of aliphatic imine (C=N–C) groups is 1. The Morgan fingerprint density at radius 2 is 1.78 bits per heavy atom. The van der Waals surface area contributed by atoms with Crippen LogP contribution in [0.1, 0.15) is 26.4 Å². The molecule has 1 aliphatic heterocycles. The zero-order valence-corrected chi connectivity index (χ0v) is 18.1. The molecule has 0 saturated heterocycles. The standard InChI is InChI=1S/C19H11ClF3N5O2.2ClH/c20-12-5-14(23)13(22)4-11(12)18(29)25-17-6-16(26-27-17)19(30)28-7-9-1-2-10(21)3-15(9)24-8-28;;/h1-6,8H,7H2,(H2,25,26,27,29);2*1H. The number of hydrogen-bond donors (Lipinski definition) is 2. The lowest BCUT2D eigenvalue weighted by atomic mass is 10.1. The normalized spacial score (nSPS) is 11.8. The fourth-order valence-electron chi connectivity index (χ4n) is 2.80. The lowest BCUT2D eigenvalue weighted by molar-refractivity contribution is 0.0838. The summed E-state index contributed by atoms with van der Waals surface area (Å²) < 4.78 is 39.8. The molecule has 0 radical (unpaired) electrons. The molecule has 0 atom stereocenters. The zero-order valence-electron chi connectivity index (χ0n) is 15.7. The van der Waals surface area contributed by atoms with E-state index in [4.69, 9.17) is 11.6 Å². The van der Waals surface area contributed by atoms with Crippen molar-refractivity contribution in [1.82, 2.24) is 15.1 Å². The van der Waals surface area contributed by atoms with Crippen molar-refractivity contribution in [3.63, 3.8) is 0 Å². The number of amides is 2. The minimum absolute atomic E-state index is 0. The average molecular weight is 507 g/mol. The maximum absolute atomic E-state index is 13.4. The average Bonchev–Trinajstić information content (AvgIpc) is 3.18. The summed E-state index contributed by atoms with van der Waals surface area (Å²) >= 11 is 5.78. The van der Waals surface area contributed by atoms with E-state index < -0.39 is 29.3 Å². The van der Waals surface area contributed by atoms with Gasteiger partial charge in [0.15, 0.2) is 17.5 Å². The second-order valence-corrected chi connectivity index (χ2v) is 6.73. The van der Waals surface area contributed by atoms with Crippen LogP contribution in [0.4, 0.5) is 24.7 Å². The van der Waals surface area contributed by atoms with Crippen LogP contribution in [0.15, 0.2) is 41.4 Å². The molecule has 2 heterocycles. The molecule has 0 aliphatic carbocycles. The quantitative estimate of drug-likeness (QED) is 0.496. The van der Waals surface area contributed by atoms with Crippen molar-refractivity contribution in [2.75, 3.05) is 5.32 Å². The van der Waals surface area contributed by atoms with E-state index in [1.807, 2.05) is 0 Å². The topological polar surface area (TPSA) is 90.5 Å². The molecule has 2 aromatic carbocycles. The molecule has 168 valence electrons. The highest BCUT2D eigenvalue weighted by molar-refractivity contribution is 6.34. The first-order valence-electron chi connectivity index (χ1n) is 8.46. The Balaban J connectivity index is 0.00000181. The molecule has 1 aromatic heterocycles. The number of hydrogen-bond acceptors (Lipinski definition) is 4. The van der Waals surface area contributed by atoms with Crippen LogP contribution >= 0.6 is 36.4 Å². The Morgan fingerprint density at radius 3 is 2.53 bits per heavy atom. The van der Waals surface area contributed by atoms with Crippen molar-refractivity contribution in [2.24, 2.45) is 4.99 Å². The van der Waals surface area contributed by atoms with E-state index in [1.54, 1.807) is 0 Å². The molecule has 0 saturated carbocycles. The van der Waals surface area contributed by atoms with Crippen LogP contribution in [0, 0.1) is 17.5 Å². The van der Waals surface area contributed by atoms with Gasteiger partial charge < -0.3 is 5.32 Å². The number of carbonyl (C=O) groups excluding carboxylic acids is 2. The van der Waals surface area contributed by atoms with E-state index in [0.29, 0.717) is 23.4 Å². The monoisotopic (exact) mass is 505 g/mol. The van der Waals surface area contributed by atoms with Gasteiger partial charge in [0.2, 0.25) is 0 Å². The first-order valence-corrected chi connectivity index (χ1v) is 8.84. The van der Waals surface area contributed by atoms with Crippen LogP contribution in [-0.4, -0.2) is 33.3 Å². The molecular weight excluding hydrogens is 494 g/mol. The van der Waals surface area contributed by atoms with E-state index in [-0.39, 0.29) is 53.5 Å². The number of nitrogens with zero attached hydrogens (tertiary/aromatic N) is 3. The van der Waals surface area contributed by atoms with Gasteiger partial charge in [-0.15, -0.1) is 24.8 Å². The summed E-state index contributed by atoms with van der Waals surface area (Å²) in [4.78, 5) is 30.2. The van der Waals surface area contributed by atoms with Crippen molar-refractivity contribution in [3.8, 4) is 0 Å². The molecule has 2 N–H and O–H groups in total. The summed E-state index contributed by atoms with van der Waals surface area (Å²) in [6, 6.07) is 6.69. The Labute approximate surface area is 196 Å². The second kappa shape index (κ2) is 10.0. The van der Waals surface area contributed by atoms with Crippen LogP contribution in [0.2, 0.25) is 5.02 Å². The number of fused-ring (bicyclic) bond motifs is 1. The van der Waals surface area contributed by atoms with Crippen LogP contribution in [0.5, 0.6) is 0 Å². The number of rotatable bonds is 3. The number of carbonyl (C=O) groups is 2. The van der Waals surface area contributed by atoms with Crippen molar-refractivity contribution in [3.05, 3.63) is 75.7 Å². The predicted molar refractivity (Wildman–Crippen MR) is 117 cm³/mol. The summed E-state index contributed by atoms with van der Waals surface area (Å²) in [5, 5.41) is 8.36. The number of halogens is 6. The summed E-state index contributed by atoms with van der Waals surface area (Å²) in [5.41, 5.74) is 0.838. The number of aromatic nitrogens is 2. The number of aromatic amines is 1. The Kier molecular flexibility index (Phi) is 7.89. The first kappa shape index (κ1) is 25.2. The number of H-pyrrole nitrogens is 1. The van der Waals surface area contributed by atoms with E-state index >= 15 is 0 Å². The first-order chi connectivity index (χ1) is 14.3. The molecule has 0 spiro atoms. The fraction of sp³-hybridized carbons (Fsp3) is 0.0526. The molecule has 3 aromatic rings. The SMILES string of the molecule is Cl.Cl.O=C(Nc1cc(C(=O)N2C=Nc3cc(F)ccc3C2)[nH]n1)c1cc(F)c(F)cc1Cl. The van der Waals surface area contributed by atoms with E-state index in [1.165, 1.54) is 35.5 Å². The number of anilines is 1. The highest BCUT2D eigenvalue weighted by atomic mass is 35.5. The fourth-order valence-corrected chi connectivity index (χ4v) is 3.04. The van der Waals surface area contributed by atoms with Gasteiger partial charge in [0, 0.05) is 6.07 Å². The molecule has 7 nitrogen and oxygen atoms in total. The van der Waals surface area contributed by atoms with Crippen molar-refractivity contribution < 1.29 is 22.8 Å². The largest absolute Gasteiger partial charge is 0.305 e. The third kappa shape index (κ3) is 5.04. The Hall–Kier alpha value is -3.08. The van der Waals surface area contributed by atoms with Crippen LogP contribution in [-0.2, 0) is 6.54 Å². The van der Waals surface area contributed by atoms with E-state index in [0.717, 1.165) is 0 Å². The molecule has 0 fully saturated rings. The minimum Gasteiger partial charge on any atom is -0.305 e. The van der Waals surface area contributed by atoms with Gasteiger partial charge in [-0.05, 0) is 29.8 Å². The molecule has 4 rings (SSSR count). The van der Waals surface area contributed by atoms with Crippen LogP contribution in [0.25, 0.3) is 0 Å². The van der Waals surface area contributed by atoms with Gasteiger partial charge in [-0.1, -0.05) is 17.7 Å². The minimum atomic E-state index is -1.23. The Bertz CT molecular complexity index is 1220. The summed E-state index contributed by atoms with van der Waals surface area (Å²) in [7, 11) is 0. The van der Waals surface area contributed by atoms with Gasteiger partial charge >= 0.3 is 0 Å². The lowest BCUT2D eigenvalue weighted by Crippen LogP contribution is -2.31. The van der Waals surface area contributed by atoms with E-state index in [9.17, 15) is 22.8 Å². The third-order valence-corrected chi connectivity index (χ3v) is 4.60. The predicted octanol–water partition coefficient (Wildman–Crippen LogP) is 4.89. The van der Waals surface area contributed by atoms with Gasteiger partial charge in [-0.3, -0.25) is 19.6 Å². The maximum Gasteiger partial charge on any atom is 0.277 e. The van der Waals surface area contributed by atoms with Gasteiger partial charge in [0.1, 0.15) is 11.5 Å². The summed E-state index contributed by atoms with van der Waals surface area (Å²) in [5.74, 6) is -4.20. The highest BCUT2D eigenvalue weighted by Crippen LogP contribution is 2.26. The van der Waals surface area contributed by atoms with Gasteiger partial charge in [0.05, 0.1) is 29.2 Å². The molecule has 0 unspecified atom stereocenters. The molecule has 2 amide bonds. The lowest BCUT2D eigenvalue weighted by Gasteiger charge is -2.21. The molecule has 1 aliphatic rings. The maximum atomic E-state index is 13.4. The third-order valence-electron chi connectivity index (χ3n) is 4.29. The van der Waals surface area contributed by atoms with Gasteiger partial charge in [0.25, 0.3) is 11.8 Å². The molecular formula is C19H13Cl3F3N5O2. The molecule has 0 bridgehead atoms. The second-order valence-electron chi connectivity index (χ2n) is 6.32. The highest BCUT2D eigenvalue weighted by Gasteiger charge is 2.22. The molecule has 32 heavy (non-hydrogen) atoms. The van der Waals surface area contributed by atoms with Crippen LogP contribution in [0.3, 0.4) is 0 Å². The van der Waals surface area contributed by atoms with Gasteiger partial charge in [-0.25, -0.2) is 18.2 Å². The van der Waals surface area contributed by atoms with Crippen LogP contribution < -0.4 is 5.32 Å². The smallest absolute Gasteiger partial charge is 0.277 e. The zero-order chi connectivity index (χ0) is 21.4. The van der Waals surface area contributed by atoms with Gasteiger partial charge in [-0.2, -0.15) is 5.10 Å². The van der Waals surface area contributed by atoms with Crippen molar-refractivity contribution in [2.45, 2.75) is 6.54 Å². The Morgan fingerprint density at radius 1 is 1.06 bits per heavy atom. The molecule has 13 heteroatoms. The number of nitrogens with one attached hydrogen (secondary N) is 2. The van der Waals surface area contributed by atoms with Crippen molar-refractivity contribution >= 4 is 66.1 Å².